The highest BCUT2D eigenvalue weighted by atomic mass is 16.5. The molecule has 0 radical (unpaired) electrons. The molecule has 0 fully saturated rings. The maximum atomic E-state index is 12.3. The Hall–Kier alpha value is -3.21. The van der Waals surface area contributed by atoms with E-state index in [4.69, 9.17) is 14.2 Å². The van der Waals surface area contributed by atoms with E-state index in [9.17, 15) is 4.79 Å². The fourth-order valence-corrected chi connectivity index (χ4v) is 2.77. The van der Waals surface area contributed by atoms with Gasteiger partial charge in [-0.1, -0.05) is 36.4 Å². The predicted molar refractivity (Wildman–Crippen MR) is 102 cm³/mol. The second kappa shape index (κ2) is 7.78. The van der Waals surface area contributed by atoms with E-state index in [1.165, 1.54) is 0 Å². The number of carbonyl (C=O) groups excluding carboxylic acids is 1. The van der Waals surface area contributed by atoms with E-state index in [1.807, 2.05) is 55.5 Å². The van der Waals surface area contributed by atoms with Gasteiger partial charge in [-0.2, -0.15) is 0 Å². The summed E-state index contributed by atoms with van der Waals surface area (Å²) >= 11 is 0. The number of nitrogens with one attached hydrogen (secondary N) is 1. The molecule has 0 atom stereocenters. The largest absolute Gasteiger partial charge is 0.493 e. The minimum atomic E-state index is -0.242. The third kappa shape index (κ3) is 3.72. The minimum Gasteiger partial charge on any atom is -0.493 e. The Bertz CT molecular complexity index is 931. The molecule has 1 N–H and O–H groups in total. The van der Waals surface area contributed by atoms with Crippen LogP contribution in [-0.4, -0.2) is 26.7 Å². The van der Waals surface area contributed by atoms with Gasteiger partial charge in [-0.25, -0.2) is 0 Å². The van der Waals surface area contributed by atoms with Crippen molar-refractivity contribution in [1.82, 2.24) is 0 Å². The van der Waals surface area contributed by atoms with Gasteiger partial charge in [0.2, 0.25) is 0 Å². The number of carbonyl (C=O) groups is 1. The molecule has 0 heterocycles. The van der Waals surface area contributed by atoms with Gasteiger partial charge in [-0.3, -0.25) is 4.79 Å². The predicted octanol–water partition coefficient (Wildman–Crippen LogP) is 4.18. The van der Waals surface area contributed by atoms with Crippen molar-refractivity contribution in [3.63, 3.8) is 0 Å². The molecule has 26 heavy (non-hydrogen) atoms. The number of methoxy groups -OCH3 is 2. The van der Waals surface area contributed by atoms with Gasteiger partial charge in [0.1, 0.15) is 5.75 Å². The number of fused-ring (bicyclic) bond motifs is 1. The highest BCUT2D eigenvalue weighted by Crippen LogP contribution is 2.33. The summed E-state index contributed by atoms with van der Waals surface area (Å²) in [7, 11) is 3.13. The smallest absolute Gasteiger partial charge is 0.262 e. The van der Waals surface area contributed by atoms with E-state index >= 15 is 0 Å². The standard InChI is InChI=1S/C21H21NO4/c1-14-11-19(24-2)20(25-3)12-17(14)22-21(23)13-26-18-10-6-8-15-7-4-5-9-16(15)18/h4-12H,13H2,1-3H3,(H,22,23). The van der Waals surface area contributed by atoms with Crippen LogP contribution in [0.2, 0.25) is 0 Å². The van der Waals surface area contributed by atoms with Crippen LogP contribution in [0.25, 0.3) is 10.8 Å². The van der Waals surface area contributed by atoms with Crippen LogP contribution in [0.3, 0.4) is 0 Å². The van der Waals surface area contributed by atoms with Crippen LogP contribution in [0.1, 0.15) is 5.56 Å². The molecule has 0 spiro atoms. The lowest BCUT2D eigenvalue weighted by Gasteiger charge is -2.14. The molecule has 5 heteroatoms. The molecule has 3 aromatic rings. The zero-order chi connectivity index (χ0) is 18.5. The fourth-order valence-electron chi connectivity index (χ4n) is 2.77. The third-order valence-electron chi connectivity index (χ3n) is 4.11. The summed E-state index contributed by atoms with van der Waals surface area (Å²) in [4.78, 5) is 12.3. The molecular formula is C21H21NO4. The van der Waals surface area contributed by atoms with E-state index in [0.29, 0.717) is 22.9 Å². The van der Waals surface area contributed by atoms with Crippen molar-refractivity contribution in [3.8, 4) is 17.2 Å². The second-order valence-corrected chi connectivity index (χ2v) is 5.84. The van der Waals surface area contributed by atoms with Crippen molar-refractivity contribution < 1.29 is 19.0 Å². The first-order valence-electron chi connectivity index (χ1n) is 8.25. The van der Waals surface area contributed by atoms with Crippen LogP contribution < -0.4 is 19.5 Å². The zero-order valence-electron chi connectivity index (χ0n) is 15.0. The third-order valence-corrected chi connectivity index (χ3v) is 4.11. The lowest BCUT2D eigenvalue weighted by atomic mass is 10.1. The monoisotopic (exact) mass is 351 g/mol. The van der Waals surface area contributed by atoms with Gasteiger partial charge in [0, 0.05) is 17.1 Å². The fraction of sp³-hybridized carbons (Fsp3) is 0.190. The Balaban J connectivity index is 1.71. The molecule has 0 aliphatic heterocycles. The molecule has 0 aliphatic carbocycles. The Kier molecular flexibility index (Phi) is 5.27. The van der Waals surface area contributed by atoms with Crippen molar-refractivity contribution in [2.24, 2.45) is 0 Å². The summed E-state index contributed by atoms with van der Waals surface area (Å²) in [6.45, 7) is 1.81. The first-order valence-corrected chi connectivity index (χ1v) is 8.25. The van der Waals surface area contributed by atoms with Crippen LogP contribution in [-0.2, 0) is 4.79 Å². The molecule has 3 rings (SSSR count). The van der Waals surface area contributed by atoms with Crippen LogP contribution in [0.15, 0.2) is 54.6 Å². The van der Waals surface area contributed by atoms with Gasteiger partial charge in [-0.05, 0) is 30.0 Å². The quantitative estimate of drug-likeness (QED) is 0.724. The first-order chi connectivity index (χ1) is 12.6. The number of benzene rings is 3. The average Bonchev–Trinajstić information content (AvgIpc) is 2.67. The Morgan fingerprint density at radius 3 is 2.38 bits per heavy atom. The van der Waals surface area contributed by atoms with Crippen molar-refractivity contribution >= 4 is 22.4 Å². The highest BCUT2D eigenvalue weighted by Gasteiger charge is 2.12. The highest BCUT2D eigenvalue weighted by molar-refractivity contribution is 5.94. The summed E-state index contributed by atoms with van der Waals surface area (Å²) in [5.41, 5.74) is 1.54. The van der Waals surface area contributed by atoms with Crippen LogP contribution in [0, 0.1) is 6.92 Å². The zero-order valence-corrected chi connectivity index (χ0v) is 15.0. The molecule has 1 amide bonds. The molecule has 134 valence electrons. The van der Waals surface area contributed by atoms with Crippen molar-refractivity contribution in [2.75, 3.05) is 26.1 Å². The van der Waals surface area contributed by atoms with Crippen molar-refractivity contribution in [1.29, 1.82) is 0 Å². The van der Waals surface area contributed by atoms with E-state index in [0.717, 1.165) is 16.3 Å². The van der Waals surface area contributed by atoms with Gasteiger partial charge >= 0.3 is 0 Å². The number of rotatable bonds is 6. The number of aryl methyl sites for hydroxylation is 1. The number of ether oxygens (including phenoxy) is 3. The number of anilines is 1. The summed E-state index contributed by atoms with van der Waals surface area (Å²) in [6.07, 6.45) is 0. The van der Waals surface area contributed by atoms with Gasteiger partial charge < -0.3 is 19.5 Å². The minimum absolute atomic E-state index is 0.0816. The molecule has 0 aromatic heterocycles. The summed E-state index contributed by atoms with van der Waals surface area (Å²) in [6, 6.07) is 17.2. The average molecular weight is 351 g/mol. The lowest BCUT2D eigenvalue weighted by Crippen LogP contribution is -2.20. The molecule has 0 unspecified atom stereocenters. The van der Waals surface area contributed by atoms with Crippen LogP contribution in [0.4, 0.5) is 5.69 Å². The first kappa shape index (κ1) is 17.6. The van der Waals surface area contributed by atoms with Gasteiger partial charge in [0.15, 0.2) is 18.1 Å². The van der Waals surface area contributed by atoms with E-state index in [1.54, 1.807) is 20.3 Å². The second-order valence-electron chi connectivity index (χ2n) is 5.84. The SMILES string of the molecule is COc1cc(C)c(NC(=O)COc2cccc3ccccc23)cc1OC. The van der Waals surface area contributed by atoms with Crippen molar-refractivity contribution in [3.05, 3.63) is 60.2 Å². The molecular weight excluding hydrogens is 330 g/mol. The maximum absolute atomic E-state index is 12.3. The van der Waals surface area contributed by atoms with E-state index < -0.39 is 0 Å². The normalized spacial score (nSPS) is 10.4. The maximum Gasteiger partial charge on any atom is 0.262 e. The van der Waals surface area contributed by atoms with Gasteiger partial charge in [-0.15, -0.1) is 0 Å². The van der Waals surface area contributed by atoms with Crippen LogP contribution >= 0.6 is 0 Å². The van der Waals surface area contributed by atoms with Crippen LogP contribution in [0.5, 0.6) is 17.2 Å². The molecule has 0 saturated heterocycles. The van der Waals surface area contributed by atoms with Gasteiger partial charge in [0.05, 0.1) is 14.2 Å². The number of hydrogen-bond donors (Lipinski definition) is 1. The summed E-state index contributed by atoms with van der Waals surface area (Å²) in [5, 5.41) is 4.90. The van der Waals surface area contributed by atoms with Gasteiger partial charge in [0.25, 0.3) is 5.91 Å². The Morgan fingerprint density at radius 1 is 0.923 bits per heavy atom. The summed E-state index contributed by atoms with van der Waals surface area (Å²) in [5.74, 6) is 1.62. The topological polar surface area (TPSA) is 56.8 Å². The molecule has 0 aliphatic rings. The summed E-state index contributed by atoms with van der Waals surface area (Å²) < 4.78 is 16.3. The Morgan fingerprint density at radius 2 is 1.62 bits per heavy atom. The number of amides is 1. The molecule has 3 aromatic carbocycles. The van der Waals surface area contributed by atoms with E-state index in [2.05, 4.69) is 5.32 Å². The van der Waals surface area contributed by atoms with E-state index in [-0.39, 0.29) is 12.5 Å². The Labute approximate surface area is 152 Å². The lowest BCUT2D eigenvalue weighted by molar-refractivity contribution is -0.118. The molecule has 0 bridgehead atoms. The molecule has 5 nitrogen and oxygen atoms in total. The number of hydrogen-bond acceptors (Lipinski definition) is 4. The van der Waals surface area contributed by atoms with Crippen molar-refractivity contribution in [2.45, 2.75) is 6.92 Å². The molecule has 0 saturated carbocycles.